The molecular formula is C25H18ClF4NO5. The second-order valence-corrected chi connectivity index (χ2v) is 8.19. The van der Waals surface area contributed by atoms with Crippen molar-refractivity contribution in [1.82, 2.24) is 0 Å². The standard InChI is InChI=1S/C25H18ClF4NO5/c1-12-13(2)20(5-4-18(12)24(34)35)31-22(32)11-36-21-6-3-16(26)10-19(21)23(33)14-7-15(25(28,29)30)9-17(27)8-14/h3-10H,11H2,1-2H3,(H,31,32)(H,34,35). The van der Waals surface area contributed by atoms with E-state index in [1.165, 1.54) is 24.3 Å². The molecule has 188 valence electrons. The number of alkyl halides is 3. The van der Waals surface area contributed by atoms with Crippen LogP contribution in [0.3, 0.4) is 0 Å². The number of hydrogen-bond acceptors (Lipinski definition) is 4. The summed E-state index contributed by atoms with van der Waals surface area (Å²) in [6.45, 7) is 2.62. The summed E-state index contributed by atoms with van der Waals surface area (Å²) in [6.07, 6.45) is -4.87. The largest absolute Gasteiger partial charge is 0.483 e. The Bertz CT molecular complexity index is 1370. The van der Waals surface area contributed by atoms with Gasteiger partial charge in [-0.05, 0) is 73.5 Å². The van der Waals surface area contributed by atoms with Gasteiger partial charge in [-0.25, -0.2) is 9.18 Å². The average molecular weight is 524 g/mol. The summed E-state index contributed by atoms with van der Waals surface area (Å²) in [7, 11) is 0. The fourth-order valence-corrected chi connectivity index (χ4v) is 3.53. The van der Waals surface area contributed by atoms with E-state index in [0.29, 0.717) is 28.9 Å². The zero-order chi connectivity index (χ0) is 26.8. The van der Waals surface area contributed by atoms with Crippen LogP contribution in [0.5, 0.6) is 5.75 Å². The third kappa shape index (κ3) is 6.01. The van der Waals surface area contributed by atoms with Crippen LogP contribution in [0.4, 0.5) is 23.2 Å². The molecule has 0 aliphatic carbocycles. The van der Waals surface area contributed by atoms with Gasteiger partial charge in [0.05, 0.1) is 16.7 Å². The van der Waals surface area contributed by atoms with E-state index < -0.39 is 47.4 Å². The van der Waals surface area contributed by atoms with E-state index >= 15 is 0 Å². The third-order valence-electron chi connectivity index (χ3n) is 5.32. The number of carboxylic acid groups (broad SMARTS) is 1. The van der Waals surface area contributed by atoms with Crippen LogP contribution in [0.25, 0.3) is 0 Å². The molecule has 6 nitrogen and oxygen atoms in total. The van der Waals surface area contributed by atoms with Crippen LogP contribution in [-0.4, -0.2) is 29.4 Å². The van der Waals surface area contributed by atoms with Crippen molar-refractivity contribution in [2.75, 3.05) is 11.9 Å². The Morgan fingerprint density at radius 2 is 1.67 bits per heavy atom. The topological polar surface area (TPSA) is 92.7 Å². The minimum Gasteiger partial charge on any atom is -0.483 e. The van der Waals surface area contributed by atoms with Crippen LogP contribution >= 0.6 is 11.6 Å². The SMILES string of the molecule is Cc1c(NC(=O)COc2ccc(Cl)cc2C(=O)c2cc(F)cc(C(F)(F)F)c2)ccc(C(=O)O)c1C. The van der Waals surface area contributed by atoms with Crippen molar-refractivity contribution in [3.05, 3.63) is 92.8 Å². The quantitative estimate of drug-likeness (QED) is 0.290. The maximum atomic E-state index is 13.8. The summed E-state index contributed by atoms with van der Waals surface area (Å²) in [5.74, 6) is -4.17. The molecule has 3 aromatic rings. The van der Waals surface area contributed by atoms with Crippen molar-refractivity contribution in [3.8, 4) is 5.75 Å². The molecule has 0 fully saturated rings. The van der Waals surface area contributed by atoms with Gasteiger partial charge in [0, 0.05) is 16.3 Å². The van der Waals surface area contributed by atoms with Crippen LogP contribution in [0.15, 0.2) is 48.5 Å². The number of carboxylic acids is 1. The first kappa shape index (κ1) is 26.7. The number of benzene rings is 3. The monoisotopic (exact) mass is 523 g/mol. The molecule has 0 atom stereocenters. The molecule has 0 saturated carbocycles. The summed E-state index contributed by atoms with van der Waals surface area (Å²) in [5.41, 5.74) is -0.781. The lowest BCUT2D eigenvalue weighted by atomic mass is 10.00. The molecule has 0 unspecified atom stereocenters. The summed E-state index contributed by atoms with van der Waals surface area (Å²) in [6, 6.07) is 7.92. The van der Waals surface area contributed by atoms with Gasteiger partial charge in [-0.3, -0.25) is 9.59 Å². The highest BCUT2D eigenvalue weighted by Gasteiger charge is 2.32. The molecular weight excluding hydrogens is 506 g/mol. The molecule has 11 heteroatoms. The van der Waals surface area contributed by atoms with Crippen molar-refractivity contribution in [2.24, 2.45) is 0 Å². The Labute approximate surface area is 207 Å². The van der Waals surface area contributed by atoms with E-state index in [2.05, 4.69) is 5.32 Å². The maximum absolute atomic E-state index is 13.8. The smallest absolute Gasteiger partial charge is 0.416 e. The average Bonchev–Trinajstić information content (AvgIpc) is 2.79. The van der Waals surface area contributed by atoms with Crippen molar-refractivity contribution >= 4 is 34.9 Å². The van der Waals surface area contributed by atoms with Crippen LogP contribution in [0.1, 0.15) is 43.0 Å². The lowest BCUT2D eigenvalue weighted by molar-refractivity contribution is -0.137. The number of hydrogen-bond donors (Lipinski definition) is 2. The molecule has 0 heterocycles. The first-order valence-electron chi connectivity index (χ1n) is 10.3. The highest BCUT2D eigenvalue weighted by atomic mass is 35.5. The Morgan fingerprint density at radius 3 is 2.31 bits per heavy atom. The predicted octanol–water partition coefficient (Wildman–Crippen LogP) is 6.06. The van der Waals surface area contributed by atoms with Crippen molar-refractivity contribution in [3.63, 3.8) is 0 Å². The minimum atomic E-state index is -4.87. The predicted molar refractivity (Wildman–Crippen MR) is 123 cm³/mol. The number of rotatable bonds is 7. The highest BCUT2D eigenvalue weighted by molar-refractivity contribution is 6.31. The van der Waals surface area contributed by atoms with Crippen LogP contribution in [0, 0.1) is 19.7 Å². The molecule has 36 heavy (non-hydrogen) atoms. The number of nitrogens with one attached hydrogen (secondary N) is 1. The second-order valence-electron chi connectivity index (χ2n) is 7.75. The molecule has 0 aliphatic heterocycles. The van der Waals surface area contributed by atoms with Crippen molar-refractivity contribution in [1.29, 1.82) is 0 Å². The molecule has 1 amide bonds. The Balaban J connectivity index is 1.82. The van der Waals surface area contributed by atoms with Crippen LogP contribution in [0.2, 0.25) is 5.02 Å². The van der Waals surface area contributed by atoms with E-state index in [4.69, 9.17) is 16.3 Å². The van der Waals surface area contributed by atoms with Crippen molar-refractivity contribution < 1.29 is 41.8 Å². The maximum Gasteiger partial charge on any atom is 0.416 e. The summed E-state index contributed by atoms with van der Waals surface area (Å²) >= 11 is 5.94. The van der Waals surface area contributed by atoms with Gasteiger partial charge in [0.15, 0.2) is 12.4 Å². The number of carbonyl (C=O) groups is 3. The van der Waals surface area contributed by atoms with Crippen LogP contribution < -0.4 is 10.1 Å². The van der Waals surface area contributed by atoms with E-state index in [0.717, 1.165) is 6.07 Å². The first-order valence-corrected chi connectivity index (χ1v) is 10.6. The molecule has 0 aliphatic rings. The van der Waals surface area contributed by atoms with Gasteiger partial charge in [0.2, 0.25) is 0 Å². The zero-order valence-corrected chi connectivity index (χ0v) is 19.6. The van der Waals surface area contributed by atoms with Gasteiger partial charge in [0.1, 0.15) is 11.6 Å². The molecule has 0 radical (unpaired) electrons. The Hall–Kier alpha value is -3.92. The summed E-state index contributed by atoms with van der Waals surface area (Å²) < 4.78 is 58.4. The van der Waals surface area contributed by atoms with Crippen molar-refractivity contribution in [2.45, 2.75) is 20.0 Å². The molecule has 0 saturated heterocycles. The Morgan fingerprint density at radius 1 is 0.972 bits per heavy atom. The number of carbonyl (C=O) groups excluding carboxylic acids is 2. The number of aromatic carboxylic acids is 1. The number of anilines is 1. The van der Waals surface area contributed by atoms with Gasteiger partial charge in [-0.1, -0.05) is 11.6 Å². The lowest BCUT2D eigenvalue weighted by Gasteiger charge is -2.15. The number of amides is 1. The molecule has 3 rings (SSSR count). The highest BCUT2D eigenvalue weighted by Crippen LogP contribution is 2.32. The van der Waals surface area contributed by atoms with Gasteiger partial charge in [-0.2, -0.15) is 13.2 Å². The zero-order valence-electron chi connectivity index (χ0n) is 18.8. The minimum absolute atomic E-state index is 0.0622. The first-order chi connectivity index (χ1) is 16.8. The third-order valence-corrected chi connectivity index (χ3v) is 5.56. The second kappa shape index (κ2) is 10.4. The fourth-order valence-electron chi connectivity index (χ4n) is 3.36. The summed E-state index contributed by atoms with van der Waals surface area (Å²) in [5, 5.41) is 11.8. The van der Waals surface area contributed by atoms with Gasteiger partial charge >= 0.3 is 12.1 Å². The van der Waals surface area contributed by atoms with E-state index in [-0.39, 0.29) is 28.0 Å². The van der Waals surface area contributed by atoms with Crippen LogP contribution in [-0.2, 0) is 11.0 Å². The lowest BCUT2D eigenvalue weighted by Crippen LogP contribution is -2.22. The molecule has 0 bridgehead atoms. The number of ether oxygens (including phenoxy) is 1. The molecule has 0 aromatic heterocycles. The van der Waals surface area contributed by atoms with Gasteiger partial charge in [-0.15, -0.1) is 0 Å². The Kier molecular flexibility index (Phi) is 7.68. The fraction of sp³-hybridized carbons (Fsp3) is 0.160. The van der Waals surface area contributed by atoms with E-state index in [1.807, 2.05) is 0 Å². The normalized spacial score (nSPS) is 11.2. The molecule has 2 N–H and O–H groups in total. The molecule has 3 aromatic carbocycles. The number of ketones is 1. The molecule has 0 spiro atoms. The summed E-state index contributed by atoms with van der Waals surface area (Å²) in [4.78, 5) is 36.6. The number of halogens is 5. The van der Waals surface area contributed by atoms with E-state index in [9.17, 15) is 37.1 Å². The van der Waals surface area contributed by atoms with Gasteiger partial charge in [0.25, 0.3) is 5.91 Å². The van der Waals surface area contributed by atoms with Gasteiger partial charge < -0.3 is 15.2 Å². The van der Waals surface area contributed by atoms with E-state index in [1.54, 1.807) is 13.8 Å².